The molecule has 0 fully saturated rings. The third-order valence-electron chi connectivity index (χ3n) is 3.75. The molecule has 0 aliphatic rings. The van der Waals surface area contributed by atoms with Crippen molar-refractivity contribution in [3.8, 4) is 0 Å². The van der Waals surface area contributed by atoms with Gasteiger partial charge in [0.25, 0.3) is 17.5 Å². The molecule has 0 aliphatic heterocycles. The Morgan fingerprint density at radius 2 is 1.77 bits per heavy atom. The molecule has 2 N–H and O–H groups in total. The van der Waals surface area contributed by atoms with Gasteiger partial charge in [-0.2, -0.15) is 0 Å². The minimum absolute atomic E-state index is 0.106. The van der Waals surface area contributed by atoms with Crippen LogP contribution in [0.5, 0.6) is 0 Å². The largest absolute Gasteiger partial charge is 0.321 e. The first-order valence-electron chi connectivity index (χ1n) is 8.40. The van der Waals surface area contributed by atoms with Gasteiger partial charge >= 0.3 is 0 Å². The summed E-state index contributed by atoms with van der Waals surface area (Å²) in [5.41, 5.74) is 0.442. The van der Waals surface area contributed by atoms with E-state index in [4.69, 9.17) is 23.2 Å². The molecule has 0 aliphatic carbocycles. The van der Waals surface area contributed by atoms with Gasteiger partial charge in [-0.15, -0.1) is 11.3 Å². The summed E-state index contributed by atoms with van der Waals surface area (Å²) in [7, 11) is 0. The summed E-state index contributed by atoms with van der Waals surface area (Å²) in [6, 6.07) is 13.5. The van der Waals surface area contributed by atoms with E-state index in [1.807, 2.05) is 0 Å². The Balaban J connectivity index is 1.93. The summed E-state index contributed by atoms with van der Waals surface area (Å²) in [6.07, 6.45) is 1.35. The molecule has 0 atom stereocenters. The second kappa shape index (κ2) is 9.53. The number of nitrogens with zero attached hydrogens (tertiary/aromatic N) is 1. The number of hydrogen-bond donors (Lipinski definition) is 2. The smallest absolute Gasteiger partial charge is 0.272 e. The SMILES string of the molecule is O=C(Nc1cc(Cl)cc(Cl)c1)/C(=C/c1cccc([N+](=O)[O-])c1)NC(=O)c1cccs1. The molecule has 3 rings (SSSR count). The Morgan fingerprint density at radius 1 is 1.03 bits per heavy atom. The molecule has 0 radical (unpaired) electrons. The van der Waals surface area contributed by atoms with E-state index >= 15 is 0 Å². The van der Waals surface area contributed by atoms with E-state index in [1.54, 1.807) is 23.6 Å². The number of anilines is 1. The summed E-state index contributed by atoms with van der Waals surface area (Å²) >= 11 is 13.1. The number of carbonyl (C=O) groups excluding carboxylic acids is 2. The second-order valence-corrected chi connectivity index (χ2v) is 7.77. The molecule has 7 nitrogen and oxygen atoms in total. The highest BCUT2D eigenvalue weighted by molar-refractivity contribution is 7.12. The lowest BCUT2D eigenvalue weighted by molar-refractivity contribution is -0.384. The molecule has 30 heavy (non-hydrogen) atoms. The zero-order valence-electron chi connectivity index (χ0n) is 15.1. The molecule has 0 bridgehead atoms. The summed E-state index contributed by atoms with van der Waals surface area (Å²) in [5.74, 6) is -1.13. The quantitative estimate of drug-likeness (QED) is 0.292. The number of thiophene rings is 1. The molecule has 2 aromatic carbocycles. The number of halogens is 2. The highest BCUT2D eigenvalue weighted by Gasteiger charge is 2.17. The van der Waals surface area contributed by atoms with Crippen molar-refractivity contribution in [2.24, 2.45) is 0 Å². The van der Waals surface area contributed by atoms with Crippen molar-refractivity contribution in [3.63, 3.8) is 0 Å². The molecule has 1 heterocycles. The number of non-ortho nitro benzene ring substituents is 1. The molecule has 1 aromatic heterocycles. The van der Waals surface area contributed by atoms with Gasteiger partial charge in [-0.1, -0.05) is 41.4 Å². The van der Waals surface area contributed by atoms with Crippen LogP contribution >= 0.6 is 34.5 Å². The van der Waals surface area contributed by atoms with Crippen molar-refractivity contribution in [2.45, 2.75) is 0 Å². The average Bonchev–Trinajstić information content (AvgIpc) is 3.21. The van der Waals surface area contributed by atoms with Crippen LogP contribution in [0.25, 0.3) is 6.08 Å². The zero-order valence-corrected chi connectivity index (χ0v) is 17.4. The van der Waals surface area contributed by atoms with Gasteiger partial charge < -0.3 is 10.6 Å². The number of carbonyl (C=O) groups is 2. The number of amides is 2. The predicted molar refractivity (Wildman–Crippen MR) is 118 cm³/mol. The van der Waals surface area contributed by atoms with Crippen molar-refractivity contribution < 1.29 is 14.5 Å². The lowest BCUT2D eigenvalue weighted by atomic mass is 10.1. The number of benzene rings is 2. The van der Waals surface area contributed by atoms with Crippen LogP contribution in [0.3, 0.4) is 0 Å². The zero-order chi connectivity index (χ0) is 21.7. The normalized spacial score (nSPS) is 11.1. The fourth-order valence-corrected chi connectivity index (χ4v) is 3.61. The average molecular weight is 462 g/mol. The van der Waals surface area contributed by atoms with Crippen molar-refractivity contribution >= 4 is 63.8 Å². The number of hydrogen-bond acceptors (Lipinski definition) is 5. The Kier molecular flexibility index (Phi) is 6.83. The Bertz CT molecular complexity index is 1130. The first-order valence-corrected chi connectivity index (χ1v) is 10.0. The van der Waals surface area contributed by atoms with Crippen LogP contribution in [0, 0.1) is 10.1 Å². The van der Waals surface area contributed by atoms with E-state index in [-0.39, 0.29) is 11.4 Å². The minimum atomic E-state index is -0.648. The van der Waals surface area contributed by atoms with Gasteiger partial charge in [0.15, 0.2) is 0 Å². The molecule has 0 spiro atoms. The van der Waals surface area contributed by atoms with Crippen LogP contribution < -0.4 is 10.6 Å². The maximum absolute atomic E-state index is 12.9. The molecule has 0 saturated heterocycles. The van der Waals surface area contributed by atoms with Gasteiger partial charge in [0.2, 0.25) is 0 Å². The standard InChI is InChI=1S/C20H13Cl2N3O4S/c21-13-9-14(22)11-15(10-13)23-19(26)17(24-20(27)18-5-2-6-30-18)8-12-3-1-4-16(7-12)25(28)29/h1-11H,(H,23,26)(H,24,27)/b17-8-. The first kappa shape index (κ1) is 21.5. The number of nitro benzene ring substituents is 1. The first-order chi connectivity index (χ1) is 14.3. The van der Waals surface area contributed by atoms with Crippen LogP contribution in [0.15, 0.2) is 65.7 Å². The molecule has 0 saturated carbocycles. The summed E-state index contributed by atoms with van der Waals surface area (Å²) in [4.78, 5) is 36.2. The second-order valence-electron chi connectivity index (χ2n) is 5.95. The van der Waals surface area contributed by atoms with Gasteiger partial charge in [-0.05, 0) is 41.3 Å². The lowest BCUT2D eigenvalue weighted by Crippen LogP contribution is -2.30. The van der Waals surface area contributed by atoms with Crippen LogP contribution in [0.4, 0.5) is 11.4 Å². The van der Waals surface area contributed by atoms with E-state index < -0.39 is 16.7 Å². The topological polar surface area (TPSA) is 101 Å². The van der Waals surface area contributed by atoms with E-state index in [1.165, 1.54) is 53.8 Å². The molecule has 2 amide bonds. The minimum Gasteiger partial charge on any atom is -0.321 e. The van der Waals surface area contributed by atoms with E-state index in [2.05, 4.69) is 10.6 Å². The van der Waals surface area contributed by atoms with Crippen LogP contribution in [0.2, 0.25) is 10.0 Å². The fraction of sp³-hybridized carbons (Fsp3) is 0. The Hall–Kier alpha value is -3.20. The van der Waals surface area contributed by atoms with Gasteiger partial charge in [0, 0.05) is 27.9 Å². The Morgan fingerprint density at radius 3 is 2.40 bits per heavy atom. The van der Waals surface area contributed by atoms with Crippen LogP contribution in [-0.2, 0) is 4.79 Å². The van der Waals surface area contributed by atoms with Gasteiger partial charge in [-0.25, -0.2) is 0 Å². The van der Waals surface area contributed by atoms with E-state index in [0.717, 1.165) is 0 Å². The van der Waals surface area contributed by atoms with E-state index in [9.17, 15) is 19.7 Å². The Labute approximate surface area is 185 Å². The highest BCUT2D eigenvalue weighted by Crippen LogP contribution is 2.23. The monoisotopic (exact) mass is 461 g/mol. The summed E-state index contributed by atoms with van der Waals surface area (Å²) in [6.45, 7) is 0. The van der Waals surface area contributed by atoms with Crippen molar-refractivity contribution in [3.05, 3.63) is 96.3 Å². The molecule has 0 unspecified atom stereocenters. The number of nitro groups is 1. The summed E-state index contributed by atoms with van der Waals surface area (Å²) in [5, 5.41) is 18.6. The van der Waals surface area contributed by atoms with E-state index in [0.29, 0.717) is 26.2 Å². The molecule has 152 valence electrons. The highest BCUT2D eigenvalue weighted by atomic mass is 35.5. The van der Waals surface area contributed by atoms with Gasteiger partial charge in [0.1, 0.15) is 5.70 Å². The van der Waals surface area contributed by atoms with Gasteiger partial charge in [-0.3, -0.25) is 19.7 Å². The number of rotatable bonds is 6. The van der Waals surface area contributed by atoms with Crippen LogP contribution in [-0.4, -0.2) is 16.7 Å². The maximum Gasteiger partial charge on any atom is 0.272 e. The van der Waals surface area contributed by atoms with Crippen molar-refractivity contribution in [1.29, 1.82) is 0 Å². The predicted octanol–water partition coefficient (Wildman–Crippen LogP) is 5.37. The molecular weight excluding hydrogens is 449 g/mol. The van der Waals surface area contributed by atoms with Crippen molar-refractivity contribution in [1.82, 2.24) is 5.32 Å². The van der Waals surface area contributed by atoms with Crippen molar-refractivity contribution in [2.75, 3.05) is 5.32 Å². The maximum atomic E-state index is 12.9. The summed E-state index contributed by atoms with van der Waals surface area (Å²) < 4.78 is 0. The molecule has 3 aromatic rings. The third-order valence-corrected chi connectivity index (χ3v) is 5.06. The number of nitrogens with one attached hydrogen (secondary N) is 2. The molecular formula is C20H13Cl2N3O4S. The van der Waals surface area contributed by atoms with Gasteiger partial charge in [0.05, 0.1) is 9.80 Å². The molecule has 10 heteroatoms. The van der Waals surface area contributed by atoms with Crippen LogP contribution in [0.1, 0.15) is 15.2 Å². The third kappa shape index (κ3) is 5.66. The fourth-order valence-electron chi connectivity index (χ4n) is 2.47. The lowest BCUT2D eigenvalue weighted by Gasteiger charge is -2.11.